The molecule has 4 nitrogen and oxygen atoms in total. The van der Waals surface area contributed by atoms with Crippen molar-refractivity contribution in [2.75, 3.05) is 0 Å². The number of ether oxygens (including phenoxy) is 1. The second-order valence-electron chi connectivity index (χ2n) is 4.45. The van der Waals surface area contributed by atoms with Gasteiger partial charge in [-0.05, 0) is 24.0 Å². The van der Waals surface area contributed by atoms with E-state index >= 15 is 0 Å². The minimum absolute atomic E-state index is 0.114. The Kier molecular flexibility index (Phi) is 4.47. The second-order valence-corrected chi connectivity index (χ2v) is 4.45. The van der Waals surface area contributed by atoms with Gasteiger partial charge in [-0.15, -0.1) is 0 Å². The van der Waals surface area contributed by atoms with Crippen LogP contribution in [-0.4, -0.2) is 15.1 Å². The number of aromatic nitrogens is 2. The van der Waals surface area contributed by atoms with Gasteiger partial charge in [0.1, 0.15) is 5.75 Å². The lowest BCUT2D eigenvalue weighted by Crippen LogP contribution is -1.98. The molecular weight excluding hydrogens is 240 g/mol. The summed E-state index contributed by atoms with van der Waals surface area (Å²) in [5, 5.41) is 8.92. The van der Waals surface area contributed by atoms with Crippen LogP contribution in [-0.2, 0) is 6.61 Å². The largest absolute Gasteiger partial charge is 0.437 e. The molecule has 4 heteroatoms. The SMILES string of the molecule is CCC(C)c1ccccc1Oc1cnc(CO)cn1. The van der Waals surface area contributed by atoms with Crippen LogP contribution in [0, 0.1) is 0 Å². The Labute approximate surface area is 113 Å². The highest BCUT2D eigenvalue weighted by molar-refractivity contribution is 5.38. The molecular formula is C15H18N2O2. The van der Waals surface area contributed by atoms with Gasteiger partial charge in [-0.3, -0.25) is 4.98 Å². The van der Waals surface area contributed by atoms with Crippen molar-refractivity contribution in [3.05, 3.63) is 47.9 Å². The zero-order chi connectivity index (χ0) is 13.7. The fourth-order valence-corrected chi connectivity index (χ4v) is 1.79. The van der Waals surface area contributed by atoms with Gasteiger partial charge in [0, 0.05) is 0 Å². The van der Waals surface area contributed by atoms with E-state index in [4.69, 9.17) is 9.84 Å². The molecule has 0 spiro atoms. The fourth-order valence-electron chi connectivity index (χ4n) is 1.79. The lowest BCUT2D eigenvalue weighted by Gasteiger charge is -2.14. The zero-order valence-electron chi connectivity index (χ0n) is 11.2. The molecule has 1 aromatic heterocycles. The summed E-state index contributed by atoms with van der Waals surface area (Å²) < 4.78 is 5.78. The fraction of sp³-hybridized carbons (Fsp3) is 0.333. The Morgan fingerprint density at radius 2 is 2.00 bits per heavy atom. The maximum atomic E-state index is 8.92. The molecule has 0 aliphatic heterocycles. The molecule has 0 saturated heterocycles. The number of rotatable bonds is 5. The first-order valence-corrected chi connectivity index (χ1v) is 6.43. The molecule has 0 bridgehead atoms. The average Bonchev–Trinajstić information content (AvgIpc) is 2.48. The first-order valence-electron chi connectivity index (χ1n) is 6.43. The molecule has 1 aromatic carbocycles. The minimum atomic E-state index is -0.114. The predicted octanol–water partition coefficient (Wildman–Crippen LogP) is 3.27. The van der Waals surface area contributed by atoms with E-state index in [0.717, 1.165) is 17.7 Å². The molecule has 0 amide bonds. The Balaban J connectivity index is 2.22. The molecule has 0 radical (unpaired) electrons. The first kappa shape index (κ1) is 13.5. The molecule has 1 atom stereocenters. The number of aliphatic hydroxyl groups is 1. The highest BCUT2D eigenvalue weighted by Gasteiger charge is 2.10. The summed E-state index contributed by atoms with van der Waals surface area (Å²) in [5.41, 5.74) is 1.69. The van der Waals surface area contributed by atoms with Crippen LogP contribution in [0.1, 0.15) is 37.4 Å². The maximum Gasteiger partial charge on any atom is 0.237 e. The topological polar surface area (TPSA) is 55.2 Å². The minimum Gasteiger partial charge on any atom is -0.437 e. The van der Waals surface area contributed by atoms with Gasteiger partial charge >= 0.3 is 0 Å². The number of hydrogen-bond acceptors (Lipinski definition) is 4. The van der Waals surface area contributed by atoms with E-state index in [1.165, 1.54) is 12.4 Å². The molecule has 100 valence electrons. The van der Waals surface area contributed by atoms with E-state index in [9.17, 15) is 0 Å². The van der Waals surface area contributed by atoms with Crippen molar-refractivity contribution in [3.63, 3.8) is 0 Å². The van der Waals surface area contributed by atoms with Gasteiger partial charge < -0.3 is 9.84 Å². The normalized spacial score (nSPS) is 12.2. The van der Waals surface area contributed by atoms with Crippen LogP contribution in [0.15, 0.2) is 36.7 Å². The van der Waals surface area contributed by atoms with E-state index in [1.807, 2.05) is 18.2 Å². The number of nitrogens with zero attached hydrogens (tertiary/aromatic N) is 2. The summed E-state index contributed by atoms with van der Waals surface area (Å²) >= 11 is 0. The van der Waals surface area contributed by atoms with E-state index in [0.29, 0.717) is 17.5 Å². The van der Waals surface area contributed by atoms with Gasteiger partial charge in [0.25, 0.3) is 0 Å². The van der Waals surface area contributed by atoms with Gasteiger partial charge in [-0.2, -0.15) is 0 Å². The number of hydrogen-bond donors (Lipinski definition) is 1. The molecule has 1 unspecified atom stereocenters. The highest BCUT2D eigenvalue weighted by atomic mass is 16.5. The van der Waals surface area contributed by atoms with Crippen molar-refractivity contribution < 1.29 is 9.84 Å². The predicted molar refractivity (Wildman–Crippen MR) is 73.2 cm³/mol. The van der Waals surface area contributed by atoms with Gasteiger partial charge in [0.15, 0.2) is 0 Å². The molecule has 1 N–H and O–H groups in total. The van der Waals surface area contributed by atoms with E-state index in [2.05, 4.69) is 29.9 Å². The zero-order valence-corrected chi connectivity index (χ0v) is 11.2. The molecule has 2 aromatic rings. The van der Waals surface area contributed by atoms with Gasteiger partial charge in [0.05, 0.1) is 24.7 Å². The van der Waals surface area contributed by atoms with Crippen LogP contribution in [0.5, 0.6) is 11.6 Å². The third-order valence-electron chi connectivity index (χ3n) is 3.12. The van der Waals surface area contributed by atoms with E-state index < -0.39 is 0 Å². The lowest BCUT2D eigenvalue weighted by atomic mass is 9.98. The Bertz CT molecular complexity index is 526. The summed E-state index contributed by atoms with van der Waals surface area (Å²) in [6.45, 7) is 4.21. The molecule has 0 aliphatic carbocycles. The average molecular weight is 258 g/mol. The molecule has 0 aliphatic rings. The maximum absolute atomic E-state index is 8.92. The summed E-state index contributed by atoms with van der Waals surface area (Å²) in [7, 11) is 0. The number of para-hydroxylation sites is 1. The molecule has 1 heterocycles. The van der Waals surface area contributed by atoms with Crippen molar-refractivity contribution in [1.82, 2.24) is 9.97 Å². The molecule has 0 saturated carbocycles. The monoisotopic (exact) mass is 258 g/mol. The van der Waals surface area contributed by atoms with Crippen LogP contribution in [0.25, 0.3) is 0 Å². The number of benzene rings is 1. The lowest BCUT2D eigenvalue weighted by molar-refractivity contribution is 0.275. The van der Waals surface area contributed by atoms with Crippen LogP contribution in [0.3, 0.4) is 0 Å². The number of aliphatic hydroxyl groups excluding tert-OH is 1. The molecule has 2 rings (SSSR count). The summed E-state index contributed by atoms with van der Waals surface area (Å²) in [6, 6.07) is 7.95. The van der Waals surface area contributed by atoms with Gasteiger partial charge in [-0.25, -0.2) is 4.98 Å². The standard InChI is InChI=1S/C15H18N2O2/c1-3-11(2)13-6-4-5-7-14(13)19-15-9-16-12(10-18)8-17-15/h4-9,11,18H,3,10H2,1-2H3. The molecule has 19 heavy (non-hydrogen) atoms. The van der Waals surface area contributed by atoms with Crippen LogP contribution >= 0.6 is 0 Å². The highest BCUT2D eigenvalue weighted by Crippen LogP contribution is 2.30. The Morgan fingerprint density at radius 3 is 2.63 bits per heavy atom. The van der Waals surface area contributed by atoms with Crippen LogP contribution < -0.4 is 4.74 Å². The quantitative estimate of drug-likeness (QED) is 0.894. The third kappa shape index (κ3) is 3.29. The van der Waals surface area contributed by atoms with Crippen LogP contribution in [0.4, 0.5) is 0 Å². The van der Waals surface area contributed by atoms with Gasteiger partial charge in [0.2, 0.25) is 5.88 Å². The Morgan fingerprint density at radius 1 is 1.21 bits per heavy atom. The van der Waals surface area contributed by atoms with Crippen LogP contribution in [0.2, 0.25) is 0 Å². The second kappa shape index (κ2) is 6.29. The smallest absolute Gasteiger partial charge is 0.237 e. The third-order valence-corrected chi connectivity index (χ3v) is 3.12. The molecule has 0 fully saturated rings. The van der Waals surface area contributed by atoms with E-state index in [1.54, 1.807) is 0 Å². The van der Waals surface area contributed by atoms with Crippen molar-refractivity contribution in [2.24, 2.45) is 0 Å². The van der Waals surface area contributed by atoms with E-state index in [-0.39, 0.29) is 6.61 Å². The van der Waals surface area contributed by atoms with Crippen molar-refractivity contribution in [1.29, 1.82) is 0 Å². The van der Waals surface area contributed by atoms with Gasteiger partial charge in [-0.1, -0.05) is 32.0 Å². The summed E-state index contributed by atoms with van der Waals surface area (Å²) in [6.07, 6.45) is 4.09. The Hall–Kier alpha value is -1.94. The van der Waals surface area contributed by atoms with Crippen molar-refractivity contribution in [2.45, 2.75) is 32.8 Å². The van der Waals surface area contributed by atoms with Crippen molar-refractivity contribution >= 4 is 0 Å². The first-order chi connectivity index (χ1) is 9.24. The summed E-state index contributed by atoms with van der Waals surface area (Å²) in [4.78, 5) is 8.18. The van der Waals surface area contributed by atoms with Crippen molar-refractivity contribution in [3.8, 4) is 11.6 Å². The summed E-state index contributed by atoms with van der Waals surface area (Å²) in [5.74, 6) is 1.68.